The molecule has 3 saturated heterocycles. The van der Waals surface area contributed by atoms with Crippen LogP contribution in [0.15, 0.2) is 52.1 Å². The standard InChI is InChI=1S/C62H68ClN7O10/c1-5-39-41-23-38(80-60(75)68-20-14-37(15-21-68)67-17-8-7-9-18-67)10-11-50(41)64-55-43(39)30-69-53(55)25-48-46(58(69)73)33-79-59(74)62(48,77)16-12-36-28-66(19-13-34(36)3)29-42-40-22-35(4)49(63)26-51(40)65-56-44(42)31-70-52(56)24-47-45(57(70)72)32-78-54(71)27-61(47,76)6-2/h10-11,22-26,34,36-37,76-77H,5-9,12-21,27-33H2,1-4H3/t34?,36?,61-,62+/m1/s1. The van der Waals surface area contributed by atoms with Crippen molar-refractivity contribution in [3.63, 3.8) is 0 Å². The van der Waals surface area contributed by atoms with Gasteiger partial charge in [0.2, 0.25) is 0 Å². The molecule has 0 spiro atoms. The van der Waals surface area contributed by atoms with Crippen LogP contribution in [-0.4, -0.2) is 107 Å². The van der Waals surface area contributed by atoms with E-state index in [1.165, 1.54) is 19.3 Å². The van der Waals surface area contributed by atoms with E-state index in [0.717, 1.165) is 77.5 Å². The second-order valence-electron chi connectivity index (χ2n) is 23.8. The molecule has 2 unspecified atom stereocenters. The lowest BCUT2D eigenvalue weighted by Gasteiger charge is -2.39. The number of benzene rings is 2. The number of aryl methyl sites for hydroxylation is 2. The molecule has 13 rings (SSSR count). The molecule has 11 heterocycles. The monoisotopic (exact) mass is 1110 g/mol. The van der Waals surface area contributed by atoms with E-state index in [1.54, 1.807) is 33.1 Å². The molecule has 2 N–H and O–H groups in total. The van der Waals surface area contributed by atoms with Gasteiger partial charge in [0.05, 0.1) is 64.4 Å². The molecule has 2 aromatic carbocycles. The summed E-state index contributed by atoms with van der Waals surface area (Å²) in [6.45, 7) is 13.6. The number of likely N-dealkylation sites (tertiary alicyclic amines) is 3. The quantitative estimate of drug-likeness (QED) is 0.131. The van der Waals surface area contributed by atoms with Gasteiger partial charge in [-0.2, -0.15) is 0 Å². The number of pyridine rings is 4. The first-order valence-electron chi connectivity index (χ1n) is 28.9. The van der Waals surface area contributed by atoms with Gasteiger partial charge in [0.1, 0.15) is 24.6 Å². The fourth-order valence-electron chi connectivity index (χ4n) is 14.4. The number of halogens is 1. The topological polar surface area (TPSA) is 199 Å². The fraction of sp³-hybridized carbons (Fsp3) is 0.500. The van der Waals surface area contributed by atoms with Gasteiger partial charge in [-0.15, -0.1) is 0 Å². The van der Waals surface area contributed by atoms with Crippen LogP contribution in [-0.2, 0) is 69.5 Å². The first kappa shape index (κ1) is 52.8. The van der Waals surface area contributed by atoms with Crippen LogP contribution in [0.5, 0.6) is 5.75 Å². The van der Waals surface area contributed by atoms with Crippen molar-refractivity contribution < 1.29 is 38.8 Å². The SMILES string of the molecule is CCc1c2c(nc3ccc(OC(=O)N4CCC(N5CCCCC5)CC4)cc13)-c1cc3c(c(=O)n1C2)COC(=O)[C@]3(O)CCC1CN(Cc2c3c(nc4cc(Cl)c(C)cc24)-c2cc4c(c(=O)n2C3)COC(=O)C[C@]4(O)CC)CCC1C. The van der Waals surface area contributed by atoms with Gasteiger partial charge in [-0.1, -0.05) is 38.8 Å². The zero-order valence-corrected chi connectivity index (χ0v) is 46.8. The summed E-state index contributed by atoms with van der Waals surface area (Å²) in [7, 11) is 0. The molecule has 3 fully saturated rings. The Hall–Kier alpha value is -6.50. The van der Waals surface area contributed by atoms with Gasteiger partial charge < -0.3 is 43.4 Å². The van der Waals surface area contributed by atoms with Crippen LogP contribution in [0, 0.1) is 18.8 Å². The fourth-order valence-corrected chi connectivity index (χ4v) is 14.6. The van der Waals surface area contributed by atoms with Crippen LogP contribution in [0.4, 0.5) is 4.79 Å². The molecule has 0 radical (unpaired) electrons. The Labute approximate surface area is 468 Å². The van der Waals surface area contributed by atoms with Crippen LogP contribution in [0.2, 0.25) is 5.02 Å². The highest BCUT2D eigenvalue weighted by molar-refractivity contribution is 6.32. The van der Waals surface area contributed by atoms with Crippen molar-refractivity contribution in [1.82, 2.24) is 33.8 Å². The van der Waals surface area contributed by atoms with Crippen molar-refractivity contribution in [2.75, 3.05) is 39.3 Å². The maximum Gasteiger partial charge on any atom is 0.415 e. The molecule has 7 aliphatic heterocycles. The van der Waals surface area contributed by atoms with Crippen molar-refractivity contribution in [3.05, 3.63) is 118 Å². The third-order valence-electron chi connectivity index (χ3n) is 19.3. The van der Waals surface area contributed by atoms with Crippen molar-refractivity contribution in [2.24, 2.45) is 11.8 Å². The third-order valence-corrected chi connectivity index (χ3v) is 19.7. The number of aliphatic hydroxyl groups is 2. The maximum absolute atomic E-state index is 14.6. The summed E-state index contributed by atoms with van der Waals surface area (Å²) in [5.74, 6) is -0.615. The molecule has 1 amide bonds. The van der Waals surface area contributed by atoms with Crippen LogP contribution >= 0.6 is 11.6 Å². The molecular formula is C62H68ClN7O10. The van der Waals surface area contributed by atoms with E-state index in [0.29, 0.717) is 95.2 Å². The minimum Gasteiger partial charge on any atom is -0.460 e. The largest absolute Gasteiger partial charge is 0.460 e. The Balaban J connectivity index is 0.759. The number of rotatable bonds is 9. The van der Waals surface area contributed by atoms with Gasteiger partial charge in [-0.25, -0.2) is 19.6 Å². The molecule has 418 valence electrons. The lowest BCUT2D eigenvalue weighted by atomic mass is 9.78. The highest BCUT2D eigenvalue weighted by atomic mass is 35.5. The summed E-state index contributed by atoms with van der Waals surface area (Å²) in [6, 6.07) is 13.5. The van der Waals surface area contributed by atoms with Gasteiger partial charge in [0.15, 0.2) is 5.60 Å². The predicted molar refractivity (Wildman–Crippen MR) is 300 cm³/mol. The van der Waals surface area contributed by atoms with E-state index in [1.807, 2.05) is 31.2 Å². The van der Waals surface area contributed by atoms with E-state index in [-0.39, 0.29) is 91.3 Å². The summed E-state index contributed by atoms with van der Waals surface area (Å²) in [6.07, 6.45) is 7.24. The average molecular weight is 1110 g/mol. The molecule has 7 aliphatic rings. The first-order valence-corrected chi connectivity index (χ1v) is 29.2. The number of aromatic nitrogens is 4. The molecule has 0 aliphatic carbocycles. The van der Waals surface area contributed by atoms with Crippen molar-refractivity contribution >= 4 is 51.4 Å². The van der Waals surface area contributed by atoms with E-state index in [4.69, 9.17) is 35.8 Å². The summed E-state index contributed by atoms with van der Waals surface area (Å²) in [4.78, 5) is 86.2. The number of nitrogens with zero attached hydrogens (tertiary/aromatic N) is 7. The Bertz CT molecular complexity index is 3730. The van der Waals surface area contributed by atoms with E-state index in [9.17, 15) is 34.2 Å². The number of esters is 2. The minimum atomic E-state index is -2.09. The number of cyclic esters (lactones) is 2. The average Bonchev–Trinajstić information content (AvgIpc) is 3.99. The van der Waals surface area contributed by atoms with Gasteiger partial charge in [-0.3, -0.25) is 19.3 Å². The summed E-state index contributed by atoms with van der Waals surface area (Å²) in [5, 5.41) is 26.8. The second-order valence-corrected chi connectivity index (χ2v) is 24.2. The van der Waals surface area contributed by atoms with E-state index >= 15 is 0 Å². The van der Waals surface area contributed by atoms with Crippen LogP contribution < -0.4 is 15.9 Å². The minimum absolute atomic E-state index is 0.0360. The van der Waals surface area contributed by atoms with Crippen LogP contribution in [0.25, 0.3) is 44.6 Å². The zero-order chi connectivity index (χ0) is 55.5. The maximum atomic E-state index is 14.6. The highest BCUT2D eigenvalue weighted by Gasteiger charge is 2.48. The lowest BCUT2D eigenvalue weighted by molar-refractivity contribution is -0.173. The second kappa shape index (κ2) is 20.2. The van der Waals surface area contributed by atoms with E-state index < -0.39 is 23.1 Å². The number of carbonyl (C=O) groups is 3. The molecule has 80 heavy (non-hydrogen) atoms. The normalized spacial score (nSPS) is 23.9. The van der Waals surface area contributed by atoms with Crippen molar-refractivity contribution in [1.29, 1.82) is 0 Å². The number of ether oxygens (including phenoxy) is 3. The Morgan fingerprint density at radius 1 is 0.775 bits per heavy atom. The number of piperidine rings is 3. The molecule has 0 bridgehead atoms. The molecule has 6 aromatic rings. The van der Waals surface area contributed by atoms with Crippen molar-refractivity contribution in [2.45, 2.75) is 148 Å². The lowest BCUT2D eigenvalue weighted by Crippen LogP contribution is -2.48. The molecule has 17 nitrogen and oxygen atoms in total. The predicted octanol–water partition coefficient (Wildman–Crippen LogP) is 8.36. The van der Waals surface area contributed by atoms with Gasteiger partial charge in [0, 0.05) is 64.7 Å². The molecule has 18 heteroatoms. The molecule has 4 atom stereocenters. The number of fused-ring (bicyclic) bond motifs is 10. The number of hydrogen-bond donors (Lipinski definition) is 2. The molecule has 4 aromatic heterocycles. The van der Waals surface area contributed by atoms with Gasteiger partial charge in [-0.05, 0) is 161 Å². The first-order chi connectivity index (χ1) is 38.5. The summed E-state index contributed by atoms with van der Waals surface area (Å²) in [5.41, 5.74) is 5.21. The molecular weight excluding hydrogens is 1040 g/mol. The van der Waals surface area contributed by atoms with Crippen molar-refractivity contribution in [3.8, 4) is 28.5 Å². The number of hydrogen-bond acceptors (Lipinski definition) is 14. The Morgan fingerprint density at radius 2 is 1.44 bits per heavy atom. The summed E-state index contributed by atoms with van der Waals surface area (Å²) < 4.78 is 20.5. The zero-order valence-electron chi connectivity index (χ0n) is 46.0. The van der Waals surface area contributed by atoms with Gasteiger partial charge >= 0.3 is 18.0 Å². The Kier molecular flexibility index (Phi) is 13.3. The number of amides is 1. The van der Waals surface area contributed by atoms with Gasteiger partial charge in [0.25, 0.3) is 11.1 Å². The third kappa shape index (κ3) is 8.75. The smallest absolute Gasteiger partial charge is 0.415 e. The Morgan fingerprint density at radius 3 is 2.15 bits per heavy atom. The number of carbonyl (C=O) groups excluding carboxylic acids is 3. The van der Waals surface area contributed by atoms with Crippen LogP contribution in [0.1, 0.15) is 135 Å². The molecule has 0 saturated carbocycles. The summed E-state index contributed by atoms with van der Waals surface area (Å²) >= 11 is 6.75. The van der Waals surface area contributed by atoms with Crippen LogP contribution in [0.3, 0.4) is 0 Å². The van der Waals surface area contributed by atoms with E-state index in [2.05, 4.69) is 29.7 Å². The highest BCUT2D eigenvalue weighted by Crippen LogP contribution is 2.45.